The molecule has 2 aliphatic rings. The number of hydrogen-bond acceptors (Lipinski definition) is 4. The monoisotopic (exact) mass is 342 g/mol. The van der Waals surface area contributed by atoms with E-state index in [2.05, 4.69) is 36.9 Å². The maximum atomic E-state index is 9.64. The van der Waals surface area contributed by atoms with Gasteiger partial charge < -0.3 is 9.47 Å². The van der Waals surface area contributed by atoms with Crippen LogP contribution in [0.15, 0.2) is 24.3 Å². The zero-order chi connectivity index (χ0) is 17.7. The second kappa shape index (κ2) is 8.21. The third kappa shape index (κ3) is 4.16. The Balaban J connectivity index is 1.49. The van der Waals surface area contributed by atoms with Crippen molar-refractivity contribution in [2.45, 2.75) is 63.5 Å². The Kier molecular flexibility index (Phi) is 5.98. The van der Waals surface area contributed by atoms with E-state index in [1.165, 1.54) is 12.8 Å². The van der Waals surface area contributed by atoms with E-state index >= 15 is 0 Å². The summed E-state index contributed by atoms with van der Waals surface area (Å²) in [5.41, 5.74) is 0.698. The molecule has 2 fully saturated rings. The summed E-state index contributed by atoms with van der Waals surface area (Å²) >= 11 is 0. The van der Waals surface area contributed by atoms with Crippen LogP contribution in [0.5, 0.6) is 5.75 Å². The fraction of sp³-hybridized carbons (Fsp3) is 0.667. The van der Waals surface area contributed by atoms with Gasteiger partial charge in [0.2, 0.25) is 0 Å². The van der Waals surface area contributed by atoms with E-state index in [1.54, 1.807) is 0 Å². The van der Waals surface area contributed by atoms with Crippen molar-refractivity contribution in [3.63, 3.8) is 0 Å². The van der Waals surface area contributed by atoms with Crippen molar-refractivity contribution >= 4 is 0 Å². The predicted molar refractivity (Wildman–Crippen MR) is 98.8 cm³/mol. The van der Waals surface area contributed by atoms with Crippen LogP contribution in [0.25, 0.3) is 0 Å². The van der Waals surface area contributed by atoms with E-state index in [4.69, 9.17) is 9.47 Å². The zero-order valence-corrected chi connectivity index (χ0v) is 15.5. The lowest BCUT2D eigenvalue weighted by molar-refractivity contribution is 0.0675. The summed E-state index contributed by atoms with van der Waals surface area (Å²) in [6.07, 6.45) is 5.23. The van der Waals surface area contributed by atoms with Crippen LogP contribution >= 0.6 is 0 Å². The van der Waals surface area contributed by atoms with Crippen molar-refractivity contribution in [2.75, 3.05) is 26.4 Å². The van der Waals surface area contributed by atoms with Gasteiger partial charge in [-0.1, -0.05) is 12.1 Å². The van der Waals surface area contributed by atoms with Gasteiger partial charge in [0.05, 0.1) is 18.1 Å². The number of ether oxygens (including phenoxy) is 2. The second-order valence-corrected chi connectivity index (χ2v) is 7.55. The Morgan fingerprint density at radius 2 is 1.80 bits per heavy atom. The average Bonchev–Trinajstić information content (AvgIpc) is 2.98. The molecule has 3 rings (SSSR count). The van der Waals surface area contributed by atoms with Crippen LogP contribution in [0.2, 0.25) is 0 Å². The van der Waals surface area contributed by atoms with E-state index in [0.29, 0.717) is 25.3 Å². The highest BCUT2D eigenvalue weighted by molar-refractivity contribution is 5.37. The second-order valence-electron chi connectivity index (χ2n) is 7.55. The molecular weight excluding hydrogens is 312 g/mol. The first-order valence-corrected chi connectivity index (χ1v) is 9.63. The molecule has 0 aliphatic carbocycles. The molecule has 2 saturated heterocycles. The molecule has 2 atom stereocenters. The summed E-state index contributed by atoms with van der Waals surface area (Å²) in [5, 5.41) is 9.64. The van der Waals surface area contributed by atoms with Gasteiger partial charge in [-0.15, -0.1) is 0 Å². The lowest BCUT2D eigenvalue weighted by Crippen LogP contribution is -2.34. The topological polar surface area (TPSA) is 45.5 Å². The van der Waals surface area contributed by atoms with Gasteiger partial charge in [-0.2, -0.15) is 5.26 Å². The minimum atomic E-state index is -0.390. The molecule has 2 unspecified atom stereocenters. The molecule has 2 heterocycles. The number of nitrogens with zero attached hydrogens (tertiary/aromatic N) is 2. The molecule has 25 heavy (non-hydrogen) atoms. The van der Waals surface area contributed by atoms with E-state index in [0.717, 1.165) is 43.7 Å². The molecule has 0 aromatic heterocycles. The van der Waals surface area contributed by atoms with Crippen molar-refractivity contribution in [1.82, 2.24) is 4.90 Å². The van der Waals surface area contributed by atoms with Crippen molar-refractivity contribution in [3.05, 3.63) is 29.8 Å². The molecule has 1 aromatic carbocycles. The largest absolute Gasteiger partial charge is 0.494 e. The molecule has 1 aromatic rings. The molecule has 136 valence electrons. The van der Waals surface area contributed by atoms with Crippen LogP contribution in [0.3, 0.4) is 0 Å². The third-order valence-electron chi connectivity index (χ3n) is 5.93. The fourth-order valence-corrected chi connectivity index (χ4v) is 4.18. The van der Waals surface area contributed by atoms with Crippen molar-refractivity contribution in [2.24, 2.45) is 0 Å². The first-order chi connectivity index (χ1) is 12.1. The number of nitriles is 1. The number of rotatable bonds is 6. The minimum Gasteiger partial charge on any atom is -0.494 e. The van der Waals surface area contributed by atoms with E-state index < -0.39 is 5.41 Å². The lowest BCUT2D eigenvalue weighted by atomic mass is 9.75. The summed E-state index contributed by atoms with van der Waals surface area (Å²) < 4.78 is 11.3. The predicted octanol–water partition coefficient (Wildman–Crippen LogP) is 3.90. The molecule has 0 N–H and O–H groups in total. The van der Waals surface area contributed by atoms with Crippen LogP contribution in [0.1, 0.15) is 51.5 Å². The van der Waals surface area contributed by atoms with Crippen LogP contribution in [-0.2, 0) is 10.2 Å². The van der Waals surface area contributed by atoms with Gasteiger partial charge in [0.1, 0.15) is 5.75 Å². The van der Waals surface area contributed by atoms with Crippen molar-refractivity contribution in [1.29, 1.82) is 5.26 Å². The quantitative estimate of drug-likeness (QED) is 0.736. The molecule has 0 radical (unpaired) electrons. The maximum Gasteiger partial charge on any atom is 0.119 e. The van der Waals surface area contributed by atoms with Gasteiger partial charge >= 0.3 is 0 Å². The summed E-state index contributed by atoms with van der Waals surface area (Å²) in [6, 6.07) is 12.0. The van der Waals surface area contributed by atoms with Gasteiger partial charge in [0.25, 0.3) is 0 Å². The van der Waals surface area contributed by atoms with Crippen LogP contribution < -0.4 is 4.74 Å². The van der Waals surface area contributed by atoms with Gasteiger partial charge in [-0.25, -0.2) is 0 Å². The Morgan fingerprint density at radius 3 is 2.40 bits per heavy atom. The van der Waals surface area contributed by atoms with Crippen molar-refractivity contribution < 1.29 is 9.47 Å². The number of likely N-dealkylation sites (tertiary alicyclic amines) is 1. The summed E-state index contributed by atoms with van der Waals surface area (Å²) in [6.45, 7) is 7.83. The molecule has 0 bridgehead atoms. The Bertz CT molecular complexity index is 577. The highest BCUT2D eigenvalue weighted by Crippen LogP contribution is 2.35. The molecule has 0 spiro atoms. The zero-order valence-electron chi connectivity index (χ0n) is 15.5. The van der Waals surface area contributed by atoms with Crippen LogP contribution in [0, 0.1) is 11.3 Å². The van der Waals surface area contributed by atoms with Gasteiger partial charge in [0, 0.05) is 31.8 Å². The molecule has 0 amide bonds. The number of hydrogen-bond donors (Lipinski definition) is 0. The fourth-order valence-electron chi connectivity index (χ4n) is 4.18. The van der Waals surface area contributed by atoms with E-state index in [1.807, 2.05) is 12.1 Å². The number of benzene rings is 1. The molecule has 0 saturated carbocycles. The van der Waals surface area contributed by atoms with Gasteiger partial charge in [-0.05, 0) is 63.6 Å². The molecule has 4 heteroatoms. The van der Waals surface area contributed by atoms with Crippen molar-refractivity contribution in [3.8, 4) is 11.8 Å². The third-order valence-corrected chi connectivity index (χ3v) is 5.93. The first-order valence-electron chi connectivity index (χ1n) is 9.63. The lowest BCUT2D eigenvalue weighted by Gasteiger charge is -2.31. The summed E-state index contributed by atoms with van der Waals surface area (Å²) in [4.78, 5) is 2.59. The highest BCUT2D eigenvalue weighted by Gasteiger charge is 2.34. The van der Waals surface area contributed by atoms with Gasteiger partial charge in [0.15, 0.2) is 0 Å². The van der Waals surface area contributed by atoms with Gasteiger partial charge in [-0.3, -0.25) is 4.90 Å². The molecule has 4 nitrogen and oxygen atoms in total. The van der Waals surface area contributed by atoms with Crippen LogP contribution in [0.4, 0.5) is 0 Å². The molecular formula is C21H30N2O2. The van der Waals surface area contributed by atoms with Crippen LogP contribution in [-0.4, -0.2) is 43.3 Å². The average molecular weight is 342 g/mol. The first kappa shape index (κ1) is 18.2. The Hall–Kier alpha value is -1.57. The molecule has 2 aliphatic heterocycles. The smallest absolute Gasteiger partial charge is 0.119 e. The standard InChI is InChI=1S/C21H30N2O2/c1-17-4-5-18(2)23(17)12-3-13-25-20-8-6-19(7-9-20)21(16-22)10-14-24-15-11-21/h6-9,17-18H,3-5,10-15H2,1-2H3. The Labute approximate surface area is 151 Å². The van der Waals surface area contributed by atoms with E-state index in [-0.39, 0.29) is 0 Å². The normalized spacial score (nSPS) is 26.3. The Morgan fingerprint density at radius 1 is 1.16 bits per heavy atom. The highest BCUT2D eigenvalue weighted by atomic mass is 16.5. The van der Waals surface area contributed by atoms with E-state index in [9.17, 15) is 5.26 Å². The minimum absolute atomic E-state index is 0.390. The SMILES string of the molecule is CC1CCC(C)N1CCCOc1ccc(C2(C#N)CCOCC2)cc1. The maximum absolute atomic E-state index is 9.64. The summed E-state index contributed by atoms with van der Waals surface area (Å²) in [5.74, 6) is 0.895. The summed E-state index contributed by atoms with van der Waals surface area (Å²) in [7, 11) is 0.